The Bertz CT molecular complexity index is 190. The van der Waals surface area contributed by atoms with Crippen LogP contribution in [0.3, 0.4) is 0 Å². The number of hydrogen-bond acceptors (Lipinski definition) is 3. The molecule has 1 aliphatic rings. The summed E-state index contributed by atoms with van der Waals surface area (Å²) in [5, 5.41) is 11.2. The SMILES string of the molecule is COC1CCCCC1NCC(F)(F)CO. The molecule has 3 nitrogen and oxygen atoms in total. The highest BCUT2D eigenvalue weighted by atomic mass is 19.3. The van der Waals surface area contributed by atoms with Crippen LogP contribution in [-0.2, 0) is 4.74 Å². The van der Waals surface area contributed by atoms with Gasteiger partial charge in [-0.05, 0) is 12.8 Å². The zero-order valence-electron chi connectivity index (χ0n) is 9.01. The zero-order chi connectivity index (χ0) is 11.3. The molecule has 5 heteroatoms. The molecule has 1 fully saturated rings. The summed E-state index contributed by atoms with van der Waals surface area (Å²) in [7, 11) is 1.61. The lowest BCUT2D eigenvalue weighted by molar-refractivity contribution is -0.0556. The van der Waals surface area contributed by atoms with E-state index in [1.54, 1.807) is 7.11 Å². The molecular formula is C10H19F2NO2. The molecule has 0 saturated heterocycles. The van der Waals surface area contributed by atoms with Crippen LogP contribution in [0.2, 0.25) is 0 Å². The average molecular weight is 223 g/mol. The van der Waals surface area contributed by atoms with Crippen molar-refractivity contribution in [2.45, 2.75) is 43.8 Å². The maximum Gasteiger partial charge on any atom is 0.282 e. The molecule has 0 bridgehead atoms. The van der Waals surface area contributed by atoms with Crippen molar-refractivity contribution in [3.05, 3.63) is 0 Å². The minimum Gasteiger partial charge on any atom is -0.390 e. The zero-order valence-corrected chi connectivity index (χ0v) is 9.01. The molecule has 1 rings (SSSR count). The van der Waals surface area contributed by atoms with E-state index < -0.39 is 19.1 Å². The highest BCUT2D eigenvalue weighted by molar-refractivity contribution is 4.83. The molecule has 2 N–H and O–H groups in total. The molecular weight excluding hydrogens is 204 g/mol. The standard InChI is InChI=1S/C10H19F2NO2/c1-15-9-5-3-2-4-8(9)13-6-10(11,12)7-14/h8-9,13-14H,2-7H2,1H3. The van der Waals surface area contributed by atoms with Gasteiger partial charge in [-0.15, -0.1) is 0 Å². The lowest BCUT2D eigenvalue weighted by Crippen LogP contribution is -2.48. The molecule has 1 saturated carbocycles. The second-order valence-corrected chi connectivity index (χ2v) is 4.06. The minimum atomic E-state index is -3.03. The van der Waals surface area contributed by atoms with Gasteiger partial charge in [0, 0.05) is 13.2 Å². The maximum atomic E-state index is 12.8. The van der Waals surface area contributed by atoms with E-state index in [1.165, 1.54) is 0 Å². The Kier molecular flexibility index (Phi) is 4.89. The maximum absolute atomic E-state index is 12.8. The van der Waals surface area contributed by atoms with E-state index in [2.05, 4.69) is 5.32 Å². The first-order valence-electron chi connectivity index (χ1n) is 5.34. The van der Waals surface area contributed by atoms with E-state index >= 15 is 0 Å². The van der Waals surface area contributed by atoms with E-state index in [9.17, 15) is 8.78 Å². The van der Waals surface area contributed by atoms with Crippen molar-refractivity contribution in [1.82, 2.24) is 5.32 Å². The Hall–Kier alpha value is -0.260. The van der Waals surface area contributed by atoms with Crippen LogP contribution in [0.1, 0.15) is 25.7 Å². The van der Waals surface area contributed by atoms with Gasteiger partial charge in [-0.2, -0.15) is 0 Å². The number of alkyl halides is 2. The molecule has 15 heavy (non-hydrogen) atoms. The summed E-state index contributed by atoms with van der Waals surface area (Å²) in [6.45, 7) is -1.58. The monoisotopic (exact) mass is 223 g/mol. The Balaban J connectivity index is 2.35. The van der Waals surface area contributed by atoms with Crippen LogP contribution < -0.4 is 5.32 Å². The smallest absolute Gasteiger partial charge is 0.282 e. The molecule has 0 aromatic rings. The number of methoxy groups -OCH3 is 1. The van der Waals surface area contributed by atoms with Crippen molar-refractivity contribution in [3.8, 4) is 0 Å². The van der Waals surface area contributed by atoms with E-state index in [4.69, 9.17) is 9.84 Å². The number of aliphatic hydroxyl groups excluding tert-OH is 1. The Morgan fingerprint density at radius 2 is 2.07 bits per heavy atom. The van der Waals surface area contributed by atoms with Gasteiger partial charge in [0.15, 0.2) is 0 Å². The van der Waals surface area contributed by atoms with Crippen LogP contribution in [-0.4, -0.2) is 43.4 Å². The van der Waals surface area contributed by atoms with Crippen LogP contribution in [0, 0.1) is 0 Å². The van der Waals surface area contributed by atoms with Crippen LogP contribution in [0.4, 0.5) is 8.78 Å². The van der Waals surface area contributed by atoms with Gasteiger partial charge in [0.1, 0.15) is 6.61 Å². The van der Waals surface area contributed by atoms with Gasteiger partial charge in [-0.1, -0.05) is 12.8 Å². The van der Waals surface area contributed by atoms with E-state index in [0.717, 1.165) is 25.7 Å². The van der Waals surface area contributed by atoms with Crippen LogP contribution in [0.25, 0.3) is 0 Å². The average Bonchev–Trinajstić information content (AvgIpc) is 2.27. The number of ether oxygens (including phenoxy) is 1. The van der Waals surface area contributed by atoms with Crippen molar-refractivity contribution < 1.29 is 18.6 Å². The van der Waals surface area contributed by atoms with E-state index in [1.807, 2.05) is 0 Å². The summed E-state index contributed by atoms with van der Waals surface area (Å²) in [6, 6.07) is -0.0128. The number of halogens is 2. The lowest BCUT2D eigenvalue weighted by Gasteiger charge is -2.32. The van der Waals surface area contributed by atoms with E-state index in [0.29, 0.717) is 0 Å². The Labute approximate surface area is 88.8 Å². The summed E-state index contributed by atoms with van der Waals surface area (Å²) in [5.74, 6) is -3.03. The third-order valence-corrected chi connectivity index (χ3v) is 2.86. The summed E-state index contributed by atoms with van der Waals surface area (Å²) in [6.07, 6.45) is 3.93. The fourth-order valence-electron chi connectivity index (χ4n) is 1.95. The molecule has 0 aromatic carbocycles. The van der Waals surface area contributed by atoms with Crippen molar-refractivity contribution in [3.63, 3.8) is 0 Å². The minimum absolute atomic E-state index is 0.0128. The predicted octanol–water partition coefficient (Wildman–Crippen LogP) is 1.16. The van der Waals surface area contributed by atoms with Crippen molar-refractivity contribution >= 4 is 0 Å². The van der Waals surface area contributed by atoms with Gasteiger partial charge in [0.25, 0.3) is 5.92 Å². The van der Waals surface area contributed by atoms with Gasteiger partial charge in [0.05, 0.1) is 12.6 Å². The van der Waals surface area contributed by atoms with Gasteiger partial charge < -0.3 is 15.2 Å². The van der Waals surface area contributed by atoms with Gasteiger partial charge in [-0.25, -0.2) is 8.78 Å². The molecule has 0 amide bonds. The third kappa shape index (κ3) is 4.01. The second kappa shape index (κ2) is 5.72. The van der Waals surface area contributed by atoms with Gasteiger partial charge in [-0.3, -0.25) is 0 Å². The first-order chi connectivity index (χ1) is 7.09. The summed E-state index contributed by atoms with van der Waals surface area (Å²) in [4.78, 5) is 0. The molecule has 0 radical (unpaired) electrons. The Morgan fingerprint density at radius 3 is 2.67 bits per heavy atom. The van der Waals surface area contributed by atoms with Gasteiger partial charge >= 0.3 is 0 Å². The normalized spacial score (nSPS) is 28.0. The molecule has 2 atom stereocenters. The molecule has 0 aromatic heterocycles. The number of rotatable bonds is 5. The predicted molar refractivity (Wildman–Crippen MR) is 53.1 cm³/mol. The van der Waals surface area contributed by atoms with Crippen molar-refractivity contribution in [2.24, 2.45) is 0 Å². The largest absolute Gasteiger partial charge is 0.390 e. The first-order valence-corrected chi connectivity index (χ1v) is 5.34. The number of nitrogens with one attached hydrogen (secondary N) is 1. The van der Waals surface area contributed by atoms with Crippen LogP contribution >= 0.6 is 0 Å². The summed E-state index contributed by atoms with van der Waals surface area (Å²) in [5.41, 5.74) is 0. The quantitative estimate of drug-likeness (QED) is 0.735. The molecule has 0 spiro atoms. The molecule has 90 valence electrons. The topological polar surface area (TPSA) is 41.5 Å². The fourth-order valence-corrected chi connectivity index (χ4v) is 1.95. The molecule has 2 unspecified atom stereocenters. The third-order valence-electron chi connectivity index (χ3n) is 2.86. The van der Waals surface area contributed by atoms with E-state index in [-0.39, 0.29) is 12.1 Å². The van der Waals surface area contributed by atoms with Crippen molar-refractivity contribution in [1.29, 1.82) is 0 Å². The second-order valence-electron chi connectivity index (χ2n) is 4.06. The Morgan fingerprint density at radius 1 is 1.40 bits per heavy atom. The van der Waals surface area contributed by atoms with Crippen LogP contribution in [0.5, 0.6) is 0 Å². The van der Waals surface area contributed by atoms with Crippen LogP contribution in [0.15, 0.2) is 0 Å². The van der Waals surface area contributed by atoms with Gasteiger partial charge in [0.2, 0.25) is 0 Å². The molecule has 0 heterocycles. The molecule has 0 aliphatic heterocycles. The highest BCUT2D eigenvalue weighted by Crippen LogP contribution is 2.21. The molecule has 1 aliphatic carbocycles. The first kappa shape index (κ1) is 12.8. The van der Waals surface area contributed by atoms with Crippen molar-refractivity contribution in [2.75, 3.05) is 20.3 Å². The lowest BCUT2D eigenvalue weighted by atomic mass is 9.92. The summed E-state index contributed by atoms with van der Waals surface area (Å²) < 4.78 is 30.8. The summed E-state index contributed by atoms with van der Waals surface area (Å²) >= 11 is 0. The number of aliphatic hydroxyl groups is 1. The number of hydrogen-bond donors (Lipinski definition) is 2. The fraction of sp³-hybridized carbons (Fsp3) is 1.00. The highest BCUT2D eigenvalue weighted by Gasteiger charge is 2.31.